The number of hydrogen-bond donors (Lipinski definition) is 0. The standard InChI is InChI=1S/C23H24Cl2N2O3/c1-3-27(4-2)10-11-29-23(28)20-14-21(30-15-16-8-6-5-7-9-16)22-18(25)12-17(24)13-19(22)26-20/h5-9,12-14H,3-4,10-11,15H2,1-2H3. The molecule has 0 atom stereocenters. The number of benzene rings is 2. The maximum absolute atomic E-state index is 12.6. The smallest absolute Gasteiger partial charge is 0.357 e. The highest BCUT2D eigenvalue weighted by Crippen LogP contribution is 2.35. The Labute approximate surface area is 186 Å². The van der Waals surface area contributed by atoms with Crippen LogP contribution in [0.25, 0.3) is 10.9 Å². The Bertz CT molecular complexity index is 1010. The number of ether oxygens (including phenoxy) is 2. The molecule has 0 aliphatic carbocycles. The quantitative estimate of drug-likeness (QED) is 0.399. The predicted molar refractivity (Wildman–Crippen MR) is 121 cm³/mol. The van der Waals surface area contributed by atoms with Crippen LogP contribution >= 0.6 is 23.2 Å². The topological polar surface area (TPSA) is 51.7 Å². The molecule has 2 aromatic carbocycles. The van der Waals surface area contributed by atoms with E-state index in [1.54, 1.807) is 18.2 Å². The van der Waals surface area contributed by atoms with E-state index in [1.165, 1.54) is 0 Å². The molecule has 0 N–H and O–H groups in total. The van der Waals surface area contributed by atoms with Crippen molar-refractivity contribution in [2.24, 2.45) is 0 Å². The summed E-state index contributed by atoms with van der Waals surface area (Å²) in [5.74, 6) is -0.0501. The number of carbonyl (C=O) groups excluding carboxylic acids is 1. The van der Waals surface area contributed by atoms with Gasteiger partial charge in [0.25, 0.3) is 0 Å². The lowest BCUT2D eigenvalue weighted by atomic mass is 10.1. The molecule has 0 amide bonds. The van der Waals surface area contributed by atoms with Crippen LogP contribution < -0.4 is 4.74 Å². The molecule has 158 valence electrons. The Morgan fingerprint density at radius 3 is 2.50 bits per heavy atom. The summed E-state index contributed by atoms with van der Waals surface area (Å²) >= 11 is 12.5. The summed E-state index contributed by atoms with van der Waals surface area (Å²) in [4.78, 5) is 19.2. The van der Waals surface area contributed by atoms with E-state index in [4.69, 9.17) is 32.7 Å². The average Bonchev–Trinajstić information content (AvgIpc) is 2.75. The second-order valence-corrected chi connectivity index (χ2v) is 7.57. The van der Waals surface area contributed by atoms with Gasteiger partial charge in [-0.25, -0.2) is 9.78 Å². The van der Waals surface area contributed by atoms with Crippen LogP contribution in [0.2, 0.25) is 10.0 Å². The Balaban J connectivity index is 1.86. The van der Waals surface area contributed by atoms with Crippen molar-refractivity contribution >= 4 is 40.1 Å². The Morgan fingerprint density at radius 1 is 1.07 bits per heavy atom. The van der Waals surface area contributed by atoms with Crippen LogP contribution in [0.1, 0.15) is 29.9 Å². The van der Waals surface area contributed by atoms with Crippen LogP contribution in [0.15, 0.2) is 48.5 Å². The van der Waals surface area contributed by atoms with Crippen LogP contribution in [0, 0.1) is 0 Å². The van der Waals surface area contributed by atoms with Crippen molar-refractivity contribution in [2.45, 2.75) is 20.5 Å². The largest absolute Gasteiger partial charge is 0.488 e. The van der Waals surface area contributed by atoms with Crippen LogP contribution in [-0.4, -0.2) is 42.1 Å². The molecule has 0 saturated heterocycles. The van der Waals surface area contributed by atoms with Crippen molar-refractivity contribution in [3.63, 3.8) is 0 Å². The van der Waals surface area contributed by atoms with Gasteiger partial charge in [-0.15, -0.1) is 0 Å². The number of rotatable bonds is 9. The van der Waals surface area contributed by atoms with Crippen LogP contribution in [-0.2, 0) is 11.3 Å². The molecule has 0 fully saturated rings. The van der Waals surface area contributed by atoms with E-state index in [9.17, 15) is 4.79 Å². The van der Waals surface area contributed by atoms with E-state index in [0.29, 0.717) is 39.8 Å². The summed E-state index contributed by atoms with van der Waals surface area (Å²) in [6.45, 7) is 7.22. The van der Waals surface area contributed by atoms with E-state index in [1.807, 2.05) is 30.3 Å². The van der Waals surface area contributed by atoms with Gasteiger partial charge in [0.15, 0.2) is 5.69 Å². The molecule has 0 bridgehead atoms. The number of aromatic nitrogens is 1. The van der Waals surface area contributed by atoms with Crippen LogP contribution in [0.5, 0.6) is 5.75 Å². The number of nitrogens with zero attached hydrogens (tertiary/aromatic N) is 2. The normalized spacial score (nSPS) is 11.1. The SMILES string of the molecule is CCN(CC)CCOC(=O)c1cc(OCc2ccccc2)c2c(Cl)cc(Cl)cc2n1. The molecule has 30 heavy (non-hydrogen) atoms. The predicted octanol–water partition coefficient (Wildman–Crippen LogP) is 5.62. The maximum atomic E-state index is 12.6. The number of carbonyl (C=O) groups is 1. The molecule has 0 spiro atoms. The van der Waals surface area contributed by atoms with Gasteiger partial charge in [0.2, 0.25) is 0 Å². The summed E-state index contributed by atoms with van der Waals surface area (Å²) in [5, 5.41) is 1.45. The summed E-state index contributed by atoms with van der Waals surface area (Å²) in [5.41, 5.74) is 1.63. The minimum Gasteiger partial charge on any atom is -0.488 e. The van der Waals surface area contributed by atoms with Crippen molar-refractivity contribution in [1.29, 1.82) is 0 Å². The maximum Gasteiger partial charge on any atom is 0.357 e. The minimum atomic E-state index is -0.510. The van der Waals surface area contributed by atoms with E-state index in [2.05, 4.69) is 23.7 Å². The van der Waals surface area contributed by atoms with E-state index < -0.39 is 5.97 Å². The van der Waals surface area contributed by atoms with Gasteiger partial charge in [-0.05, 0) is 30.8 Å². The number of pyridine rings is 1. The molecule has 0 saturated carbocycles. The first-order chi connectivity index (χ1) is 14.5. The monoisotopic (exact) mass is 446 g/mol. The van der Waals surface area contributed by atoms with Crippen molar-refractivity contribution in [1.82, 2.24) is 9.88 Å². The van der Waals surface area contributed by atoms with Gasteiger partial charge in [-0.1, -0.05) is 67.4 Å². The van der Waals surface area contributed by atoms with Crippen molar-refractivity contribution in [3.8, 4) is 5.75 Å². The number of fused-ring (bicyclic) bond motifs is 1. The van der Waals surface area contributed by atoms with Gasteiger partial charge in [-0.3, -0.25) is 0 Å². The van der Waals surface area contributed by atoms with Gasteiger partial charge >= 0.3 is 5.97 Å². The molecular weight excluding hydrogens is 423 g/mol. The minimum absolute atomic E-state index is 0.156. The van der Waals surface area contributed by atoms with Crippen LogP contribution in [0.4, 0.5) is 0 Å². The van der Waals surface area contributed by atoms with Gasteiger partial charge in [0, 0.05) is 17.6 Å². The van der Waals surface area contributed by atoms with Crippen LogP contribution in [0.3, 0.4) is 0 Å². The van der Waals surface area contributed by atoms with Crippen molar-refractivity contribution in [3.05, 3.63) is 69.8 Å². The summed E-state index contributed by atoms with van der Waals surface area (Å²) in [6, 6.07) is 14.6. The molecule has 0 aliphatic rings. The average molecular weight is 447 g/mol. The third-order valence-corrected chi connectivity index (χ3v) is 5.29. The first-order valence-corrected chi connectivity index (χ1v) is 10.6. The molecule has 5 nitrogen and oxygen atoms in total. The lowest BCUT2D eigenvalue weighted by Gasteiger charge is -2.17. The molecular formula is C23H24Cl2N2O3. The third-order valence-electron chi connectivity index (χ3n) is 4.77. The molecule has 3 rings (SSSR count). The Hall–Kier alpha value is -2.34. The number of hydrogen-bond acceptors (Lipinski definition) is 5. The van der Waals surface area contributed by atoms with Gasteiger partial charge in [0.05, 0.1) is 15.9 Å². The van der Waals surface area contributed by atoms with Crippen molar-refractivity contribution in [2.75, 3.05) is 26.2 Å². The zero-order valence-electron chi connectivity index (χ0n) is 17.0. The Kier molecular flexibility index (Phi) is 7.91. The highest BCUT2D eigenvalue weighted by molar-refractivity contribution is 6.39. The molecule has 0 aliphatic heterocycles. The summed E-state index contributed by atoms with van der Waals surface area (Å²) in [7, 11) is 0. The zero-order chi connectivity index (χ0) is 21.5. The molecule has 7 heteroatoms. The molecule has 0 radical (unpaired) electrons. The van der Waals surface area contributed by atoms with E-state index in [0.717, 1.165) is 18.7 Å². The van der Waals surface area contributed by atoms with E-state index >= 15 is 0 Å². The fourth-order valence-electron chi connectivity index (χ4n) is 3.09. The second kappa shape index (κ2) is 10.6. The number of halogens is 2. The zero-order valence-corrected chi connectivity index (χ0v) is 18.5. The Morgan fingerprint density at radius 2 is 1.80 bits per heavy atom. The molecule has 1 aromatic heterocycles. The fraction of sp³-hybridized carbons (Fsp3) is 0.304. The number of likely N-dealkylation sites (N-methyl/N-ethyl adjacent to an activating group) is 1. The summed E-state index contributed by atoms with van der Waals surface area (Å²) < 4.78 is 11.4. The lowest BCUT2D eigenvalue weighted by Crippen LogP contribution is -2.28. The second-order valence-electron chi connectivity index (χ2n) is 6.72. The third kappa shape index (κ3) is 5.63. The highest BCUT2D eigenvalue weighted by atomic mass is 35.5. The fourth-order valence-corrected chi connectivity index (χ4v) is 3.66. The van der Waals surface area contributed by atoms with E-state index in [-0.39, 0.29) is 12.3 Å². The van der Waals surface area contributed by atoms with Crippen molar-refractivity contribution < 1.29 is 14.3 Å². The van der Waals surface area contributed by atoms with Gasteiger partial charge in [0.1, 0.15) is 19.0 Å². The molecule has 0 unspecified atom stereocenters. The van der Waals surface area contributed by atoms with Gasteiger partial charge in [-0.2, -0.15) is 0 Å². The molecule has 1 heterocycles. The first kappa shape index (κ1) is 22.3. The molecule has 3 aromatic rings. The summed E-state index contributed by atoms with van der Waals surface area (Å²) in [6.07, 6.45) is 0. The lowest BCUT2D eigenvalue weighted by molar-refractivity contribution is 0.0459. The van der Waals surface area contributed by atoms with Gasteiger partial charge < -0.3 is 14.4 Å². The number of esters is 1. The first-order valence-electron chi connectivity index (χ1n) is 9.87. The highest BCUT2D eigenvalue weighted by Gasteiger charge is 2.17.